The molecule has 0 aliphatic carbocycles. The van der Waals surface area contributed by atoms with Crippen molar-refractivity contribution in [2.75, 3.05) is 26.1 Å². The third-order valence-electron chi connectivity index (χ3n) is 6.81. The van der Waals surface area contributed by atoms with Crippen LogP contribution in [0.3, 0.4) is 0 Å². The maximum Gasteiger partial charge on any atom is 0.344 e. The second-order valence-electron chi connectivity index (χ2n) is 9.37. The van der Waals surface area contributed by atoms with Crippen LogP contribution in [0.2, 0.25) is 0 Å². The Hall–Kier alpha value is -4.15. The Morgan fingerprint density at radius 3 is 2.48 bits per heavy atom. The van der Waals surface area contributed by atoms with Crippen molar-refractivity contribution in [3.63, 3.8) is 0 Å². The molecule has 4 aromatic rings. The predicted molar refractivity (Wildman–Crippen MR) is 165 cm³/mol. The lowest BCUT2D eigenvalue weighted by molar-refractivity contribution is -0.145. The van der Waals surface area contributed by atoms with Gasteiger partial charge in [-0.3, -0.25) is 9.36 Å². The fourth-order valence-electron chi connectivity index (χ4n) is 4.91. The summed E-state index contributed by atoms with van der Waals surface area (Å²) >= 11 is 2.84. The van der Waals surface area contributed by atoms with Crippen LogP contribution in [0.1, 0.15) is 37.9 Å². The van der Waals surface area contributed by atoms with Crippen LogP contribution in [0.4, 0.5) is 0 Å². The molecule has 0 fully saturated rings. The first-order chi connectivity index (χ1) is 20.4. The van der Waals surface area contributed by atoms with E-state index in [9.17, 15) is 14.4 Å². The van der Waals surface area contributed by atoms with E-state index < -0.39 is 18.0 Å². The van der Waals surface area contributed by atoms with Crippen molar-refractivity contribution < 1.29 is 23.8 Å². The van der Waals surface area contributed by atoms with E-state index in [1.54, 1.807) is 49.2 Å². The van der Waals surface area contributed by atoms with Crippen molar-refractivity contribution in [1.82, 2.24) is 4.57 Å². The average molecular weight is 603 g/mol. The molecule has 5 rings (SSSR count). The zero-order chi connectivity index (χ0) is 29.8. The van der Waals surface area contributed by atoms with Gasteiger partial charge in [-0.1, -0.05) is 53.8 Å². The summed E-state index contributed by atoms with van der Waals surface area (Å²) < 4.78 is 18.3. The van der Waals surface area contributed by atoms with E-state index in [1.165, 1.54) is 11.3 Å². The summed E-state index contributed by atoms with van der Waals surface area (Å²) in [7, 11) is 0. The van der Waals surface area contributed by atoms with Crippen LogP contribution in [0.5, 0.6) is 5.75 Å². The molecule has 0 saturated heterocycles. The van der Waals surface area contributed by atoms with Crippen LogP contribution >= 0.6 is 23.1 Å². The largest absolute Gasteiger partial charge is 0.481 e. The van der Waals surface area contributed by atoms with Gasteiger partial charge in [0.1, 0.15) is 5.75 Å². The summed E-state index contributed by atoms with van der Waals surface area (Å²) in [6, 6.07) is 18.5. The lowest BCUT2D eigenvalue weighted by Crippen LogP contribution is -2.39. The van der Waals surface area contributed by atoms with Gasteiger partial charge in [0.15, 0.2) is 11.4 Å². The van der Waals surface area contributed by atoms with Crippen molar-refractivity contribution in [3.05, 3.63) is 103 Å². The molecule has 0 N–H and O–H groups in total. The number of hydrogen-bond acceptors (Lipinski definition) is 9. The molecule has 1 aromatic heterocycles. The van der Waals surface area contributed by atoms with Crippen LogP contribution in [0.15, 0.2) is 86.6 Å². The molecule has 0 saturated carbocycles. The van der Waals surface area contributed by atoms with E-state index in [-0.39, 0.29) is 25.4 Å². The Morgan fingerprint density at radius 2 is 1.76 bits per heavy atom. The van der Waals surface area contributed by atoms with Gasteiger partial charge in [-0.2, -0.15) is 0 Å². The second kappa shape index (κ2) is 12.8. The first-order valence-electron chi connectivity index (χ1n) is 13.5. The molecule has 0 spiro atoms. The molecular formula is C32H30N2O6S2. The highest BCUT2D eigenvalue weighted by Crippen LogP contribution is 2.32. The van der Waals surface area contributed by atoms with E-state index in [2.05, 4.69) is 4.99 Å². The number of thiazole rings is 1. The highest BCUT2D eigenvalue weighted by atomic mass is 32.2. The fourth-order valence-corrected chi connectivity index (χ4v) is 6.35. The molecule has 0 unspecified atom stereocenters. The molecule has 1 atom stereocenters. The predicted octanol–water partition coefficient (Wildman–Crippen LogP) is 4.62. The van der Waals surface area contributed by atoms with Gasteiger partial charge in [-0.25, -0.2) is 14.6 Å². The average Bonchev–Trinajstić information content (AvgIpc) is 3.30. The maximum absolute atomic E-state index is 14.1. The Kier molecular flexibility index (Phi) is 8.94. The quantitative estimate of drug-likeness (QED) is 0.204. The van der Waals surface area contributed by atoms with Crippen LogP contribution in [0.25, 0.3) is 16.8 Å². The molecule has 0 bridgehead atoms. The molecule has 42 heavy (non-hydrogen) atoms. The van der Waals surface area contributed by atoms with Gasteiger partial charge in [0.2, 0.25) is 0 Å². The monoisotopic (exact) mass is 602 g/mol. The summed E-state index contributed by atoms with van der Waals surface area (Å²) in [5, 5.41) is 1.81. The zero-order valence-corrected chi connectivity index (χ0v) is 25.3. The van der Waals surface area contributed by atoms with E-state index in [0.29, 0.717) is 31.9 Å². The molecule has 10 heteroatoms. The van der Waals surface area contributed by atoms with Gasteiger partial charge in [0, 0.05) is 10.5 Å². The number of allylic oxidation sites excluding steroid dienone is 1. The number of ether oxygens (including phenoxy) is 3. The normalized spacial score (nSPS) is 14.9. The highest BCUT2D eigenvalue weighted by molar-refractivity contribution is 7.98. The van der Waals surface area contributed by atoms with E-state index in [0.717, 1.165) is 21.2 Å². The van der Waals surface area contributed by atoms with Crippen LogP contribution < -0.4 is 19.6 Å². The Morgan fingerprint density at radius 1 is 1.02 bits per heavy atom. The highest BCUT2D eigenvalue weighted by Gasteiger charge is 2.33. The standard InChI is InChI=1S/C32H30N2O6S2/c1-5-38-27(35)18-40-25-16-13-20-9-7-8-10-23(20)24(25)17-26-30(36)34-29(21-11-14-22(41-4)15-12-21)28(31(37)39-6-2)19(3)33-32(34)42-26/h7-17,29H,5-6,18H2,1-4H3/b26-17-/t29-/m1/s1. The third-order valence-corrected chi connectivity index (χ3v) is 8.53. The summed E-state index contributed by atoms with van der Waals surface area (Å²) in [6.07, 6.45) is 3.76. The lowest BCUT2D eigenvalue weighted by atomic mass is 9.96. The Labute approximate surface area is 251 Å². The summed E-state index contributed by atoms with van der Waals surface area (Å²) in [4.78, 5) is 45.6. The smallest absolute Gasteiger partial charge is 0.344 e. The maximum atomic E-state index is 14.1. The topological polar surface area (TPSA) is 96.2 Å². The van der Waals surface area contributed by atoms with Crippen molar-refractivity contribution in [2.24, 2.45) is 4.99 Å². The summed E-state index contributed by atoms with van der Waals surface area (Å²) in [6.45, 7) is 5.44. The Bertz CT molecular complexity index is 1870. The SMILES string of the molecule is CCOC(=O)COc1ccc2ccccc2c1/C=c1\sc2n(c1=O)[C@H](c1ccc(SC)cc1)C(C(=O)OCC)=C(C)N=2. The van der Waals surface area contributed by atoms with Gasteiger partial charge in [-0.15, -0.1) is 11.8 Å². The summed E-state index contributed by atoms with van der Waals surface area (Å²) in [5.41, 5.74) is 1.97. The minimum absolute atomic E-state index is 0.202. The zero-order valence-electron chi connectivity index (χ0n) is 23.7. The van der Waals surface area contributed by atoms with Gasteiger partial charge >= 0.3 is 11.9 Å². The molecule has 8 nitrogen and oxygen atoms in total. The summed E-state index contributed by atoms with van der Waals surface area (Å²) in [5.74, 6) is -0.540. The van der Waals surface area contributed by atoms with E-state index in [4.69, 9.17) is 14.2 Å². The number of aromatic nitrogens is 1. The number of thioether (sulfide) groups is 1. The van der Waals surface area contributed by atoms with Crippen LogP contribution in [0, 0.1) is 0 Å². The van der Waals surface area contributed by atoms with Crippen LogP contribution in [-0.4, -0.2) is 42.6 Å². The molecule has 1 aliphatic heterocycles. The molecule has 1 aliphatic rings. The molecule has 216 valence electrons. The molecule has 2 heterocycles. The lowest BCUT2D eigenvalue weighted by Gasteiger charge is -2.24. The third kappa shape index (κ3) is 5.77. The van der Waals surface area contributed by atoms with Crippen molar-refractivity contribution in [2.45, 2.75) is 31.7 Å². The first kappa shape index (κ1) is 29.3. The second-order valence-corrected chi connectivity index (χ2v) is 11.3. The number of fused-ring (bicyclic) bond motifs is 2. The number of rotatable bonds is 9. The number of esters is 2. The minimum atomic E-state index is -0.703. The van der Waals surface area contributed by atoms with Crippen molar-refractivity contribution >= 4 is 51.9 Å². The molecular weight excluding hydrogens is 572 g/mol. The number of carbonyl (C=O) groups is 2. The minimum Gasteiger partial charge on any atom is -0.481 e. The van der Waals surface area contributed by atoms with E-state index >= 15 is 0 Å². The Balaban J connectivity index is 1.70. The van der Waals surface area contributed by atoms with Gasteiger partial charge in [0.25, 0.3) is 5.56 Å². The van der Waals surface area contributed by atoms with Gasteiger partial charge < -0.3 is 14.2 Å². The molecule has 3 aromatic carbocycles. The molecule has 0 amide bonds. The van der Waals surface area contributed by atoms with Crippen molar-refractivity contribution in [1.29, 1.82) is 0 Å². The molecule has 0 radical (unpaired) electrons. The number of hydrogen-bond donors (Lipinski definition) is 0. The number of carbonyl (C=O) groups excluding carboxylic acids is 2. The van der Waals surface area contributed by atoms with Gasteiger partial charge in [-0.05, 0) is 67.6 Å². The number of benzene rings is 3. The van der Waals surface area contributed by atoms with Crippen LogP contribution in [-0.2, 0) is 19.1 Å². The number of nitrogens with zero attached hydrogens (tertiary/aromatic N) is 2. The van der Waals surface area contributed by atoms with E-state index in [1.807, 2.05) is 60.9 Å². The first-order valence-corrected chi connectivity index (χ1v) is 15.5. The van der Waals surface area contributed by atoms with Crippen molar-refractivity contribution in [3.8, 4) is 5.75 Å². The fraction of sp³-hybridized carbons (Fsp3) is 0.250. The van der Waals surface area contributed by atoms with Gasteiger partial charge in [0.05, 0.1) is 35.1 Å².